The third-order valence-electron chi connectivity index (χ3n) is 1.35. The van der Waals surface area contributed by atoms with Gasteiger partial charge in [-0.25, -0.2) is 0 Å². The highest BCUT2D eigenvalue weighted by Crippen LogP contribution is 1.99. The number of aliphatic hydroxyl groups excluding tert-OH is 1. The molecule has 4 nitrogen and oxygen atoms in total. The highest BCUT2D eigenvalue weighted by atomic mass is 32.2. The molecule has 2 atom stereocenters. The van der Waals surface area contributed by atoms with Gasteiger partial charge < -0.3 is 20.7 Å². The van der Waals surface area contributed by atoms with Crippen molar-refractivity contribution in [3.05, 3.63) is 0 Å². The van der Waals surface area contributed by atoms with Crippen LogP contribution < -0.4 is 10.8 Å². The monoisotopic (exact) mass is 193 g/mol. The van der Waals surface area contributed by atoms with Crippen LogP contribution in [0.5, 0.6) is 0 Å². The van der Waals surface area contributed by atoms with E-state index in [0.29, 0.717) is 5.75 Å². The Hall–Kier alpha value is -0.260. The third kappa shape index (κ3) is 5.40. The number of rotatable bonds is 5. The molecule has 0 amide bonds. The van der Waals surface area contributed by atoms with Crippen LogP contribution in [0, 0.1) is 0 Å². The lowest BCUT2D eigenvalue weighted by atomic mass is 10.1. The summed E-state index contributed by atoms with van der Waals surface area (Å²) in [6.45, 7) is 0. The van der Waals surface area contributed by atoms with Gasteiger partial charge in [-0.05, 0) is 17.3 Å². The lowest BCUT2D eigenvalue weighted by Gasteiger charge is -2.15. The predicted molar refractivity (Wildman–Crippen MR) is 47.7 cm³/mol. The second-order valence-corrected chi connectivity index (χ2v) is 5.27. The van der Waals surface area contributed by atoms with Crippen molar-refractivity contribution in [3.8, 4) is 0 Å². The standard InChI is InChI=1S/C7H15NO3S/c1-12(2)4-5(9)3-6(8)7(10)11/h5-6,9H,3-4,8H2,1-2H3. The Balaban J connectivity index is 3.68. The van der Waals surface area contributed by atoms with Crippen LogP contribution in [0.1, 0.15) is 6.42 Å². The van der Waals surface area contributed by atoms with Gasteiger partial charge in [0.2, 0.25) is 0 Å². The van der Waals surface area contributed by atoms with Crippen LogP contribution in [0.15, 0.2) is 0 Å². The highest BCUT2D eigenvalue weighted by Gasteiger charge is 2.16. The molecule has 0 aliphatic rings. The quantitative estimate of drug-likeness (QED) is 0.480. The van der Waals surface area contributed by atoms with Gasteiger partial charge in [0.1, 0.15) is 11.9 Å². The van der Waals surface area contributed by atoms with E-state index >= 15 is 0 Å². The summed E-state index contributed by atoms with van der Waals surface area (Å²) in [6.07, 6.45) is 3.41. The van der Waals surface area contributed by atoms with Crippen LogP contribution in [0.2, 0.25) is 0 Å². The summed E-state index contributed by atoms with van der Waals surface area (Å²) in [7, 11) is 0.106. The molecular formula is C7H15NO3S. The third-order valence-corrected chi connectivity index (χ3v) is 2.41. The SMILES string of the molecule is C[S+](C)CC(O)CC(N)C(=O)[O-]. The lowest BCUT2D eigenvalue weighted by Crippen LogP contribution is -2.44. The molecule has 3 N–H and O–H groups in total. The largest absolute Gasteiger partial charge is 0.548 e. The minimum absolute atomic E-state index is 0.0769. The Morgan fingerprint density at radius 1 is 1.67 bits per heavy atom. The van der Waals surface area contributed by atoms with Gasteiger partial charge in [0.25, 0.3) is 0 Å². The van der Waals surface area contributed by atoms with Gasteiger partial charge >= 0.3 is 0 Å². The molecule has 72 valence electrons. The van der Waals surface area contributed by atoms with E-state index in [9.17, 15) is 15.0 Å². The molecule has 0 aliphatic carbocycles. The van der Waals surface area contributed by atoms with E-state index < -0.39 is 18.1 Å². The number of hydrogen-bond acceptors (Lipinski definition) is 4. The fourth-order valence-corrected chi connectivity index (χ4v) is 1.75. The number of carbonyl (C=O) groups excluding carboxylic acids is 1. The van der Waals surface area contributed by atoms with Crippen LogP contribution in [-0.2, 0) is 15.7 Å². The summed E-state index contributed by atoms with van der Waals surface area (Å²) >= 11 is 0. The van der Waals surface area contributed by atoms with Gasteiger partial charge in [0, 0.05) is 6.04 Å². The van der Waals surface area contributed by atoms with E-state index in [1.54, 1.807) is 0 Å². The molecule has 0 rings (SSSR count). The minimum Gasteiger partial charge on any atom is -0.548 e. The van der Waals surface area contributed by atoms with Crippen molar-refractivity contribution in [1.82, 2.24) is 0 Å². The predicted octanol–water partition coefficient (Wildman–Crippen LogP) is -2.31. The van der Waals surface area contributed by atoms with E-state index in [1.807, 2.05) is 12.5 Å². The molecule has 0 aliphatic heterocycles. The first-order valence-corrected chi connectivity index (χ1v) is 5.83. The first-order valence-electron chi connectivity index (χ1n) is 3.62. The first kappa shape index (κ1) is 11.7. The molecule has 0 aromatic rings. The molecule has 0 aromatic heterocycles. The van der Waals surface area contributed by atoms with E-state index in [-0.39, 0.29) is 17.3 Å². The summed E-state index contributed by atoms with van der Waals surface area (Å²) in [5.41, 5.74) is 5.17. The number of carbonyl (C=O) groups is 1. The number of nitrogens with two attached hydrogens (primary N) is 1. The number of aliphatic hydroxyl groups is 1. The smallest absolute Gasteiger partial charge is 0.133 e. The summed E-state index contributed by atoms with van der Waals surface area (Å²) < 4.78 is 0. The Morgan fingerprint density at radius 2 is 2.17 bits per heavy atom. The average molecular weight is 193 g/mol. The van der Waals surface area contributed by atoms with Gasteiger partial charge in [-0.2, -0.15) is 0 Å². The zero-order chi connectivity index (χ0) is 9.72. The number of carboxylic acid groups (broad SMARTS) is 1. The van der Waals surface area contributed by atoms with E-state index in [4.69, 9.17) is 5.73 Å². The van der Waals surface area contributed by atoms with Crippen molar-refractivity contribution in [3.63, 3.8) is 0 Å². The van der Waals surface area contributed by atoms with Gasteiger partial charge in [0.15, 0.2) is 0 Å². The molecule has 0 radical (unpaired) electrons. The van der Waals surface area contributed by atoms with Gasteiger partial charge in [-0.15, -0.1) is 0 Å². The minimum atomic E-state index is -1.30. The summed E-state index contributed by atoms with van der Waals surface area (Å²) in [6, 6.07) is -1.05. The number of aliphatic carboxylic acids is 1. The van der Waals surface area contributed by atoms with E-state index in [1.165, 1.54) is 0 Å². The van der Waals surface area contributed by atoms with E-state index in [0.717, 1.165) is 0 Å². The molecule has 0 fully saturated rings. The average Bonchev–Trinajstić information content (AvgIpc) is 1.84. The molecule has 0 aromatic carbocycles. The zero-order valence-electron chi connectivity index (χ0n) is 7.32. The van der Waals surface area contributed by atoms with Crippen LogP contribution in [0.25, 0.3) is 0 Å². The van der Waals surface area contributed by atoms with Crippen LogP contribution in [0.4, 0.5) is 0 Å². The zero-order valence-corrected chi connectivity index (χ0v) is 8.13. The maximum atomic E-state index is 10.2. The topological polar surface area (TPSA) is 86.4 Å². The molecular weight excluding hydrogens is 178 g/mol. The van der Waals surface area contributed by atoms with Crippen molar-refractivity contribution in [2.75, 3.05) is 18.3 Å². The molecule has 0 spiro atoms. The fraction of sp³-hybridized carbons (Fsp3) is 0.857. The normalized spacial score (nSPS) is 16.1. The Morgan fingerprint density at radius 3 is 2.50 bits per heavy atom. The van der Waals surface area contributed by atoms with Crippen LogP contribution in [-0.4, -0.2) is 41.5 Å². The summed E-state index contributed by atoms with van der Waals surface area (Å²) in [5.74, 6) is -0.706. The maximum Gasteiger partial charge on any atom is 0.133 e. The van der Waals surface area contributed by atoms with Crippen molar-refractivity contribution < 1.29 is 15.0 Å². The molecule has 12 heavy (non-hydrogen) atoms. The number of hydrogen-bond donors (Lipinski definition) is 2. The first-order chi connectivity index (χ1) is 5.43. The van der Waals surface area contributed by atoms with Crippen molar-refractivity contribution >= 4 is 16.9 Å². The molecule has 2 unspecified atom stereocenters. The van der Waals surface area contributed by atoms with E-state index in [2.05, 4.69) is 0 Å². The Bertz CT molecular complexity index is 152. The molecule has 0 saturated heterocycles. The second kappa shape index (κ2) is 5.40. The van der Waals surface area contributed by atoms with Crippen molar-refractivity contribution in [1.29, 1.82) is 0 Å². The Labute approximate surface area is 75.1 Å². The number of carboxylic acids is 1. The van der Waals surface area contributed by atoms with Gasteiger partial charge in [-0.3, -0.25) is 0 Å². The van der Waals surface area contributed by atoms with Gasteiger partial charge in [-0.1, -0.05) is 0 Å². The molecule has 5 heteroatoms. The van der Waals surface area contributed by atoms with Crippen molar-refractivity contribution in [2.24, 2.45) is 5.73 Å². The molecule has 0 saturated carbocycles. The molecule has 0 bridgehead atoms. The van der Waals surface area contributed by atoms with Crippen molar-refractivity contribution in [2.45, 2.75) is 18.6 Å². The van der Waals surface area contributed by atoms with Gasteiger partial charge in [0.05, 0.1) is 18.5 Å². The summed E-state index contributed by atoms with van der Waals surface area (Å²) in [5, 5.41) is 19.5. The van der Waals surface area contributed by atoms with Crippen LogP contribution >= 0.6 is 0 Å². The van der Waals surface area contributed by atoms with Crippen LogP contribution in [0.3, 0.4) is 0 Å². The highest BCUT2D eigenvalue weighted by molar-refractivity contribution is 7.95. The molecule has 0 heterocycles. The summed E-state index contributed by atoms with van der Waals surface area (Å²) in [4.78, 5) is 10.2. The second-order valence-electron chi connectivity index (χ2n) is 2.97. The fourth-order valence-electron chi connectivity index (χ4n) is 0.842. The lowest BCUT2D eigenvalue weighted by molar-refractivity contribution is -0.308. The Kier molecular flexibility index (Phi) is 5.28. The maximum absolute atomic E-state index is 10.2.